The molecule has 0 aliphatic carbocycles. The van der Waals surface area contributed by atoms with Gasteiger partial charge in [0.05, 0.1) is 25.9 Å². The van der Waals surface area contributed by atoms with E-state index in [1.165, 1.54) is 0 Å². The molecule has 2 N–H and O–H groups in total. The molecule has 2 fully saturated rings. The van der Waals surface area contributed by atoms with E-state index in [0.717, 1.165) is 59.1 Å². The van der Waals surface area contributed by atoms with Crippen molar-refractivity contribution in [3.8, 4) is 0 Å². The molecule has 2 heterocycles. The molecule has 2 rings (SSSR count). The van der Waals surface area contributed by atoms with E-state index in [4.69, 9.17) is 15.2 Å². The van der Waals surface area contributed by atoms with Gasteiger partial charge >= 0.3 is 0 Å². The highest BCUT2D eigenvalue weighted by Gasteiger charge is 2.19. The lowest BCUT2D eigenvalue weighted by Crippen LogP contribution is -2.49. The van der Waals surface area contributed by atoms with Gasteiger partial charge in [-0.05, 0) is 0 Å². The Balaban J connectivity index is 1.64. The molecule has 0 radical (unpaired) electrons. The van der Waals surface area contributed by atoms with Crippen molar-refractivity contribution in [2.75, 3.05) is 65.6 Å². The van der Waals surface area contributed by atoms with E-state index in [-0.39, 0.29) is 6.10 Å². The van der Waals surface area contributed by atoms with Crippen LogP contribution in [0.5, 0.6) is 0 Å². The Kier molecular flexibility index (Phi) is 4.99. The molecule has 0 spiro atoms. The summed E-state index contributed by atoms with van der Waals surface area (Å²) in [6.45, 7) is 9.67. The largest absolute Gasteiger partial charge is 0.379 e. The fourth-order valence-corrected chi connectivity index (χ4v) is 2.23. The maximum absolute atomic E-state index is 5.63. The van der Waals surface area contributed by atoms with Gasteiger partial charge in [0.1, 0.15) is 0 Å². The number of hydrogen-bond acceptors (Lipinski definition) is 5. The summed E-state index contributed by atoms with van der Waals surface area (Å²) in [5.74, 6) is 0. The maximum atomic E-state index is 5.63. The smallest absolute Gasteiger partial charge is 0.0824 e. The molecule has 94 valence electrons. The molecule has 1 atom stereocenters. The van der Waals surface area contributed by atoms with E-state index in [0.29, 0.717) is 6.54 Å². The minimum absolute atomic E-state index is 0.235. The van der Waals surface area contributed by atoms with E-state index in [2.05, 4.69) is 9.80 Å². The van der Waals surface area contributed by atoms with E-state index in [1.54, 1.807) is 0 Å². The number of nitrogens with zero attached hydrogens (tertiary/aromatic N) is 2. The molecule has 0 aromatic rings. The van der Waals surface area contributed by atoms with Crippen LogP contribution in [0.1, 0.15) is 0 Å². The first-order chi connectivity index (χ1) is 7.88. The lowest BCUT2D eigenvalue weighted by Gasteiger charge is -2.34. The predicted molar refractivity (Wildman–Crippen MR) is 62.5 cm³/mol. The number of ether oxygens (including phenoxy) is 2. The summed E-state index contributed by atoms with van der Waals surface area (Å²) in [5, 5.41) is 0. The summed E-state index contributed by atoms with van der Waals surface area (Å²) in [4.78, 5) is 4.92. The Hall–Kier alpha value is -0.200. The highest BCUT2D eigenvalue weighted by atomic mass is 16.5. The third-order valence-electron chi connectivity index (χ3n) is 3.32. The second-order valence-electron chi connectivity index (χ2n) is 4.48. The molecule has 0 amide bonds. The van der Waals surface area contributed by atoms with Crippen molar-refractivity contribution in [3.05, 3.63) is 0 Å². The van der Waals surface area contributed by atoms with Crippen LogP contribution in [0.4, 0.5) is 0 Å². The Morgan fingerprint density at radius 1 is 1.00 bits per heavy atom. The van der Waals surface area contributed by atoms with Crippen molar-refractivity contribution in [2.24, 2.45) is 5.73 Å². The SMILES string of the molecule is NCC1CN(CCN2CCOCC2)CCO1. The van der Waals surface area contributed by atoms with Gasteiger partial charge in [0, 0.05) is 45.8 Å². The average molecular weight is 229 g/mol. The predicted octanol–water partition coefficient (Wildman–Crippen LogP) is -1.02. The Bertz CT molecular complexity index is 198. The van der Waals surface area contributed by atoms with Crippen molar-refractivity contribution >= 4 is 0 Å². The second kappa shape index (κ2) is 6.51. The van der Waals surface area contributed by atoms with E-state index in [9.17, 15) is 0 Å². The van der Waals surface area contributed by atoms with Gasteiger partial charge < -0.3 is 15.2 Å². The van der Waals surface area contributed by atoms with Crippen LogP contribution >= 0.6 is 0 Å². The molecule has 1 unspecified atom stereocenters. The Labute approximate surface area is 97.5 Å². The zero-order chi connectivity index (χ0) is 11.2. The van der Waals surface area contributed by atoms with E-state index >= 15 is 0 Å². The van der Waals surface area contributed by atoms with Crippen molar-refractivity contribution < 1.29 is 9.47 Å². The summed E-state index contributed by atoms with van der Waals surface area (Å²) in [6.07, 6.45) is 0.235. The monoisotopic (exact) mass is 229 g/mol. The van der Waals surface area contributed by atoms with Crippen LogP contribution in [0.2, 0.25) is 0 Å². The second-order valence-corrected chi connectivity index (χ2v) is 4.48. The quantitative estimate of drug-likeness (QED) is 0.668. The standard InChI is InChI=1S/C11H23N3O2/c12-9-11-10-14(5-8-16-11)2-1-13-3-6-15-7-4-13/h11H,1-10,12H2. The molecule has 2 aliphatic heterocycles. The van der Waals surface area contributed by atoms with Crippen LogP contribution in [0.3, 0.4) is 0 Å². The summed E-state index contributed by atoms with van der Waals surface area (Å²) in [7, 11) is 0. The highest BCUT2D eigenvalue weighted by molar-refractivity contribution is 4.73. The van der Waals surface area contributed by atoms with Crippen molar-refractivity contribution in [2.45, 2.75) is 6.10 Å². The molecule has 5 heteroatoms. The van der Waals surface area contributed by atoms with Crippen molar-refractivity contribution in [3.63, 3.8) is 0 Å². The zero-order valence-corrected chi connectivity index (χ0v) is 9.94. The van der Waals surface area contributed by atoms with Gasteiger partial charge in [0.2, 0.25) is 0 Å². The first-order valence-electron chi connectivity index (χ1n) is 6.22. The minimum atomic E-state index is 0.235. The average Bonchev–Trinajstić information content (AvgIpc) is 2.38. The van der Waals surface area contributed by atoms with Crippen molar-refractivity contribution in [1.82, 2.24) is 9.80 Å². The summed E-state index contributed by atoms with van der Waals surface area (Å²) in [5.41, 5.74) is 5.63. The highest BCUT2D eigenvalue weighted by Crippen LogP contribution is 2.04. The van der Waals surface area contributed by atoms with Crippen LogP contribution in [0.15, 0.2) is 0 Å². The molecule has 0 saturated carbocycles. The number of nitrogens with two attached hydrogens (primary N) is 1. The van der Waals surface area contributed by atoms with E-state index in [1.807, 2.05) is 0 Å². The van der Waals surface area contributed by atoms with Gasteiger partial charge in [-0.2, -0.15) is 0 Å². The molecule has 5 nitrogen and oxygen atoms in total. The Morgan fingerprint density at radius 3 is 2.44 bits per heavy atom. The first kappa shape index (κ1) is 12.3. The lowest BCUT2D eigenvalue weighted by molar-refractivity contribution is -0.0294. The molecule has 0 aromatic heterocycles. The normalized spacial score (nSPS) is 29.4. The third-order valence-corrected chi connectivity index (χ3v) is 3.32. The molecule has 2 saturated heterocycles. The van der Waals surface area contributed by atoms with E-state index < -0.39 is 0 Å². The minimum Gasteiger partial charge on any atom is -0.379 e. The number of hydrogen-bond donors (Lipinski definition) is 1. The van der Waals surface area contributed by atoms with Crippen LogP contribution in [-0.4, -0.2) is 81.5 Å². The van der Waals surface area contributed by atoms with Crippen LogP contribution in [0.25, 0.3) is 0 Å². The molecular weight excluding hydrogens is 206 g/mol. The first-order valence-corrected chi connectivity index (χ1v) is 6.22. The molecule has 2 aliphatic rings. The van der Waals surface area contributed by atoms with Gasteiger partial charge in [-0.25, -0.2) is 0 Å². The molecule has 16 heavy (non-hydrogen) atoms. The third kappa shape index (κ3) is 3.68. The number of morpholine rings is 2. The topological polar surface area (TPSA) is 51.0 Å². The van der Waals surface area contributed by atoms with Gasteiger partial charge in [0.25, 0.3) is 0 Å². The van der Waals surface area contributed by atoms with Crippen LogP contribution in [-0.2, 0) is 9.47 Å². The molecule has 0 bridgehead atoms. The van der Waals surface area contributed by atoms with Crippen molar-refractivity contribution in [1.29, 1.82) is 0 Å². The Morgan fingerprint density at radius 2 is 1.69 bits per heavy atom. The summed E-state index contributed by atoms with van der Waals surface area (Å²) >= 11 is 0. The van der Waals surface area contributed by atoms with Crippen LogP contribution < -0.4 is 5.73 Å². The lowest BCUT2D eigenvalue weighted by atomic mass is 10.2. The van der Waals surface area contributed by atoms with Gasteiger partial charge in [-0.3, -0.25) is 9.80 Å². The molecule has 0 aromatic carbocycles. The summed E-state index contributed by atoms with van der Waals surface area (Å²) in [6, 6.07) is 0. The molecular formula is C11H23N3O2. The number of rotatable bonds is 4. The maximum Gasteiger partial charge on any atom is 0.0824 e. The zero-order valence-electron chi connectivity index (χ0n) is 9.94. The fourth-order valence-electron chi connectivity index (χ4n) is 2.23. The van der Waals surface area contributed by atoms with Crippen LogP contribution in [0, 0.1) is 0 Å². The summed E-state index contributed by atoms with van der Waals surface area (Å²) < 4.78 is 10.9. The fraction of sp³-hybridized carbons (Fsp3) is 1.00. The van der Waals surface area contributed by atoms with Gasteiger partial charge in [-0.1, -0.05) is 0 Å². The van der Waals surface area contributed by atoms with Gasteiger partial charge in [0.15, 0.2) is 0 Å². The van der Waals surface area contributed by atoms with Gasteiger partial charge in [-0.15, -0.1) is 0 Å².